The van der Waals surface area contributed by atoms with Gasteiger partial charge >= 0.3 is 12.0 Å². The van der Waals surface area contributed by atoms with Crippen LogP contribution in [0.15, 0.2) is 46.9 Å². The molecule has 1 aromatic heterocycles. The van der Waals surface area contributed by atoms with E-state index in [2.05, 4.69) is 15.6 Å². The molecule has 0 aliphatic carbocycles. The van der Waals surface area contributed by atoms with Crippen molar-refractivity contribution in [1.82, 2.24) is 4.98 Å². The third kappa shape index (κ3) is 3.26. The molecule has 106 valence electrons. The van der Waals surface area contributed by atoms with Crippen LogP contribution in [0.2, 0.25) is 10.0 Å². The van der Waals surface area contributed by atoms with Crippen molar-refractivity contribution in [1.29, 1.82) is 0 Å². The highest BCUT2D eigenvalue weighted by atomic mass is 35.5. The van der Waals surface area contributed by atoms with E-state index < -0.39 is 6.03 Å². The van der Waals surface area contributed by atoms with Gasteiger partial charge in [0, 0.05) is 15.7 Å². The van der Waals surface area contributed by atoms with Crippen LogP contribution in [0.3, 0.4) is 0 Å². The molecule has 0 aliphatic rings. The van der Waals surface area contributed by atoms with E-state index in [1.54, 1.807) is 42.5 Å². The predicted molar refractivity (Wildman–Crippen MR) is 83.1 cm³/mol. The Balaban J connectivity index is 1.72. The largest absolute Gasteiger partial charge is 0.423 e. The van der Waals surface area contributed by atoms with Crippen LogP contribution in [-0.2, 0) is 0 Å². The van der Waals surface area contributed by atoms with Crippen LogP contribution < -0.4 is 10.6 Å². The Hall–Kier alpha value is -2.24. The number of rotatable bonds is 2. The van der Waals surface area contributed by atoms with Crippen molar-refractivity contribution < 1.29 is 9.21 Å². The molecular weight excluding hydrogens is 313 g/mol. The van der Waals surface area contributed by atoms with Crippen LogP contribution in [0.1, 0.15) is 0 Å². The van der Waals surface area contributed by atoms with Gasteiger partial charge in [0.05, 0.1) is 0 Å². The summed E-state index contributed by atoms with van der Waals surface area (Å²) < 4.78 is 5.39. The van der Waals surface area contributed by atoms with E-state index in [1.165, 1.54) is 0 Å². The van der Waals surface area contributed by atoms with Gasteiger partial charge in [-0.1, -0.05) is 23.2 Å². The molecule has 5 nitrogen and oxygen atoms in total. The average molecular weight is 322 g/mol. The molecule has 2 amide bonds. The van der Waals surface area contributed by atoms with Crippen LogP contribution in [-0.4, -0.2) is 11.0 Å². The number of oxazole rings is 1. The summed E-state index contributed by atoms with van der Waals surface area (Å²) in [5.41, 5.74) is 1.72. The van der Waals surface area contributed by atoms with Gasteiger partial charge in [-0.15, -0.1) is 0 Å². The molecule has 0 radical (unpaired) electrons. The number of anilines is 2. The molecule has 3 rings (SSSR count). The summed E-state index contributed by atoms with van der Waals surface area (Å²) >= 11 is 11.6. The van der Waals surface area contributed by atoms with Crippen molar-refractivity contribution in [3.8, 4) is 0 Å². The first-order valence-electron chi connectivity index (χ1n) is 6.00. The number of urea groups is 1. The maximum absolute atomic E-state index is 11.8. The summed E-state index contributed by atoms with van der Waals surface area (Å²) in [6.45, 7) is 0. The third-order valence-corrected chi connectivity index (χ3v) is 3.16. The Bertz CT molecular complexity index is 800. The standard InChI is InChI=1S/C14H9Cl2N3O2/c15-8-1-4-10(5-2-8)17-13(20)19-14-18-11-7-9(16)3-6-12(11)21-14/h1-7H,(H2,17,18,19,20). The molecule has 0 unspecified atom stereocenters. The molecule has 2 N–H and O–H groups in total. The van der Waals surface area contributed by atoms with E-state index in [-0.39, 0.29) is 6.01 Å². The Morgan fingerprint density at radius 2 is 1.71 bits per heavy atom. The Kier molecular flexibility index (Phi) is 3.68. The molecule has 21 heavy (non-hydrogen) atoms. The monoisotopic (exact) mass is 321 g/mol. The Morgan fingerprint density at radius 1 is 1.00 bits per heavy atom. The van der Waals surface area contributed by atoms with Gasteiger partial charge in [-0.25, -0.2) is 4.79 Å². The zero-order valence-corrected chi connectivity index (χ0v) is 12.1. The number of nitrogens with zero attached hydrogens (tertiary/aromatic N) is 1. The smallest absolute Gasteiger partial charge is 0.327 e. The van der Waals surface area contributed by atoms with E-state index in [0.717, 1.165) is 0 Å². The molecule has 0 bridgehead atoms. The molecule has 1 heterocycles. The van der Waals surface area contributed by atoms with E-state index >= 15 is 0 Å². The quantitative estimate of drug-likeness (QED) is 0.713. The lowest BCUT2D eigenvalue weighted by molar-refractivity contribution is 0.261. The SMILES string of the molecule is O=C(Nc1ccc(Cl)cc1)Nc1nc2cc(Cl)ccc2o1. The van der Waals surface area contributed by atoms with E-state index in [0.29, 0.717) is 26.8 Å². The maximum Gasteiger partial charge on any atom is 0.327 e. The van der Waals surface area contributed by atoms with Gasteiger partial charge in [-0.05, 0) is 42.5 Å². The topological polar surface area (TPSA) is 67.2 Å². The van der Waals surface area contributed by atoms with Crippen molar-refractivity contribution in [2.24, 2.45) is 0 Å². The minimum absolute atomic E-state index is 0.0960. The van der Waals surface area contributed by atoms with Crippen LogP contribution >= 0.6 is 23.2 Å². The number of carbonyl (C=O) groups excluding carboxylic acids is 1. The average Bonchev–Trinajstić information content (AvgIpc) is 2.82. The molecule has 2 aromatic carbocycles. The van der Waals surface area contributed by atoms with E-state index in [1.807, 2.05) is 0 Å². The van der Waals surface area contributed by atoms with Crippen molar-refractivity contribution in [3.63, 3.8) is 0 Å². The second kappa shape index (κ2) is 5.63. The van der Waals surface area contributed by atoms with Gasteiger partial charge in [0.25, 0.3) is 0 Å². The van der Waals surface area contributed by atoms with Crippen molar-refractivity contribution in [2.45, 2.75) is 0 Å². The second-order valence-corrected chi connectivity index (χ2v) is 5.09. The molecular formula is C14H9Cl2N3O2. The number of halogens is 2. The molecule has 0 saturated carbocycles. The lowest BCUT2D eigenvalue weighted by atomic mass is 10.3. The van der Waals surface area contributed by atoms with Crippen molar-refractivity contribution >= 4 is 52.0 Å². The fourth-order valence-corrected chi connectivity index (χ4v) is 2.04. The molecule has 3 aromatic rings. The first-order chi connectivity index (χ1) is 10.1. The van der Waals surface area contributed by atoms with Crippen LogP contribution in [0.4, 0.5) is 16.5 Å². The fourth-order valence-electron chi connectivity index (χ4n) is 1.75. The lowest BCUT2D eigenvalue weighted by Crippen LogP contribution is -2.19. The fraction of sp³-hybridized carbons (Fsp3) is 0. The zero-order chi connectivity index (χ0) is 14.8. The van der Waals surface area contributed by atoms with Gasteiger partial charge < -0.3 is 9.73 Å². The Morgan fingerprint density at radius 3 is 2.48 bits per heavy atom. The molecule has 7 heteroatoms. The van der Waals surface area contributed by atoms with E-state index in [9.17, 15) is 4.79 Å². The minimum Gasteiger partial charge on any atom is -0.423 e. The number of aromatic nitrogens is 1. The normalized spacial score (nSPS) is 10.6. The summed E-state index contributed by atoms with van der Waals surface area (Å²) in [5.74, 6) is 0. The molecule has 0 atom stereocenters. The van der Waals surface area contributed by atoms with Gasteiger partial charge in [0.15, 0.2) is 5.58 Å². The van der Waals surface area contributed by atoms with Crippen LogP contribution in [0, 0.1) is 0 Å². The van der Waals surface area contributed by atoms with Crippen molar-refractivity contribution in [3.05, 3.63) is 52.5 Å². The minimum atomic E-state index is -0.463. The summed E-state index contributed by atoms with van der Waals surface area (Å²) in [5, 5.41) is 6.29. The molecule has 0 aliphatic heterocycles. The zero-order valence-electron chi connectivity index (χ0n) is 10.6. The highest BCUT2D eigenvalue weighted by molar-refractivity contribution is 6.31. The first-order valence-corrected chi connectivity index (χ1v) is 6.75. The van der Waals surface area contributed by atoms with Crippen LogP contribution in [0.25, 0.3) is 11.1 Å². The first kappa shape index (κ1) is 13.7. The highest BCUT2D eigenvalue weighted by Crippen LogP contribution is 2.22. The number of carbonyl (C=O) groups is 1. The number of fused-ring (bicyclic) bond motifs is 1. The van der Waals surface area contributed by atoms with Gasteiger partial charge in [0.1, 0.15) is 5.52 Å². The number of hydrogen-bond acceptors (Lipinski definition) is 3. The maximum atomic E-state index is 11.8. The highest BCUT2D eigenvalue weighted by Gasteiger charge is 2.09. The van der Waals surface area contributed by atoms with E-state index in [4.69, 9.17) is 27.6 Å². The molecule has 0 spiro atoms. The van der Waals surface area contributed by atoms with Crippen LogP contribution in [0.5, 0.6) is 0 Å². The third-order valence-electron chi connectivity index (χ3n) is 2.67. The summed E-state index contributed by atoms with van der Waals surface area (Å²) in [7, 11) is 0. The van der Waals surface area contributed by atoms with Crippen molar-refractivity contribution in [2.75, 3.05) is 10.6 Å². The lowest BCUT2D eigenvalue weighted by Gasteiger charge is -2.04. The molecule has 0 saturated heterocycles. The second-order valence-electron chi connectivity index (χ2n) is 4.22. The number of hydrogen-bond donors (Lipinski definition) is 2. The Labute approximate surface area is 129 Å². The number of benzene rings is 2. The van der Waals surface area contributed by atoms with Gasteiger partial charge in [0.2, 0.25) is 0 Å². The summed E-state index contributed by atoms with van der Waals surface area (Å²) in [6, 6.07) is 11.4. The molecule has 0 fully saturated rings. The predicted octanol–water partition coefficient (Wildman–Crippen LogP) is 4.78. The number of nitrogens with one attached hydrogen (secondary N) is 2. The summed E-state index contributed by atoms with van der Waals surface area (Å²) in [6.07, 6.45) is 0. The number of amides is 2. The summed E-state index contributed by atoms with van der Waals surface area (Å²) in [4.78, 5) is 16.0. The van der Waals surface area contributed by atoms with Gasteiger partial charge in [-0.3, -0.25) is 5.32 Å². The van der Waals surface area contributed by atoms with Gasteiger partial charge in [-0.2, -0.15) is 4.98 Å².